The van der Waals surface area contributed by atoms with Gasteiger partial charge in [-0.1, -0.05) is 0 Å². The molecule has 5 nitrogen and oxygen atoms in total. The number of aliphatic carboxylic acids is 1. The van der Waals surface area contributed by atoms with Crippen LogP contribution in [-0.2, 0) is 4.79 Å². The van der Waals surface area contributed by atoms with Crippen molar-refractivity contribution < 1.29 is 14.4 Å². The maximum atomic E-state index is 11.1. The summed E-state index contributed by atoms with van der Waals surface area (Å²) in [4.78, 5) is 15.2. The second-order valence-electron chi connectivity index (χ2n) is 4.51. The predicted octanol–water partition coefficient (Wildman–Crippen LogP) is -0.135. The molecule has 0 bridgehead atoms. The second kappa shape index (κ2) is 4.24. The quantitative estimate of drug-likeness (QED) is 0.521. The van der Waals surface area contributed by atoms with Gasteiger partial charge in [0.1, 0.15) is 0 Å². The summed E-state index contributed by atoms with van der Waals surface area (Å²) in [5, 5.41) is 12.5. The minimum absolute atomic E-state index is 0.376. The van der Waals surface area contributed by atoms with Gasteiger partial charge in [-0.2, -0.15) is 0 Å². The van der Waals surface area contributed by atoms with Crippen molar-refractivity contribution in [2.75, 3.05) is 27.7 Å². The number of carboxylic acids is 1. The predicted molar refractivity (Wildman–Crippen MR) is 62.1 cm³/mol. The van der Waals surface area contributed by atoms with Gasteiger partial charge >= 0.3 is 5.97 Å². The molecule has 0 spiro atoms. The van der Waals surface area contributed by atoms with Gasteiger partial charge in [-0.15, -0.1) is 0 Å². The van der Waals surface area contributed by atoms with E-state index in [1.165, 1.54) is 0 Å². The molecule has 84 valence electrons. The fourth-order valence-electron chi connectivity index (χ4n) is 1.43. The zero-order valence-corrected chi connectivity index (χ0v) is 9.97. The minimum atomic E-state index is -0.803. The number of carboxylic acid groups (broad SMARTS) is 1. The molecule has 0 amide bonds. The van der Waals surface area contributed by atoms with Gasteiger partial charge in [0.15, 0.2) is 11.2 Å². The van der Waals surface area contributed by atoms with Crippen LogP contribution >= 0.6 is 12.2 Å². The highest BCUT2D eigenvalue weighted by Gasteiger charge is 2.33. The smallest absolute Gasteiger partial charge is 0.362 e. The van der Waals surface area contributed by atoms with Crippen molar-refractivity contribution in [1.29, 1.82) is 0 Å². The van der Waals surface area contributed by atoms with E-state index in [0.29, 0.717) is 22.6 Å². The molecule has 1 unspecified atom stereocenters. The van der Waals surface area contributed by atoms with Crippen LogP contribution in [-0.4, -0.2) is 60.1 Å². The lowest BCUT2D eigenvalue weighted by Gasteiger charge is -2.30. The topological polar surface area (TPSA) is 61.7 Å². The van der Waals surface area contributed by atoms with Crippen LogP contribution in [0.15, 0.2) is 4.99 Å². The van der Waals surface area contributed by atoms with E-state index in [4.69, 9.17) is 17.3 Å². The lowest BCUT2D eigenvalue weighted by molar-refractivity contribution is -0.886. The first kappa shape index (κ1) is 12.1. The number of likely N-dealkylation sites (N-methyl/N-ethyl adjacent to an activating group) is 1. The summed E-state index contributed by atoms with van der Waals surface area (Å²) in [6.45, 7) is 0.572. The van der Waals surface area contributed by atoms with Crippen molar-refractivity contribution in [3.8, 4) is 0 Å². The Labute approximate surface area is 94.4 Å². The van der Waals surface area contributed by atoms with Crippen molar-refractivity contribution in [1.82, 2.24) is 5.32 Å². The molecule has 2 N–H and O–H groups in total. The van der Waals surface area contributed by atoms with Crippen molar-refractivity contribution in [2.45, 2.75) is 12.5 Å². The van der Waals surface area contributed by atoms with Gasteiger partial charge < -0.3 is 14.9 Å². The van der Waals surface area contributed by atoms with E-state index in [1.54, 1.807) is 0 Å². The highest BCUT2D eigenvalue weighted by Crippen LogP contribution is 2.10. The van der Waals surface area contributed by atoms with E-state index >= 15 is 0 Å². The maximum absolute atomic E-state index is 11.1. The number of hydrogen-bond acceptors (Lipinski definition) is 2. The normalized spacial score (nSPS) is 18.3. The summed E-state index contributed by atoms with van der Waals surface area (Å²) in [5.74, 6) is -0.803. The number of thiocarbonyl (C=S) groups is 1. The first-order valence-corrected chi connectivity index (χ1v) is 5.09. The SMILES string of the molecule is C[N+](C)(C)C(CC1=NC(=S)NC1)C(=O)O. The van der Waals surface area contributed by atoms with Gasteiger partial charge in [0.2, 0.25) is 0 Å². The lowest BCUT2D eigenvalue weighted by atomic mass is 10.1. The average molecular weight is 230 g/mol. The molecule has 0 aromatic carbocycles. The van der Waals surface area contributed by atoms with Gasteiger partial charge in [0.25, 0.3) is 0 Å². The maximum Gasteiger partial charge on any atom is 0.362 e. The summed E-state index contributed by atoms with van der Waals surface area (Å²) < 4.78 is 0.376. The highest BCUT2D eigenvalue weighted by atomic mass is 32.1. The summed E-state index contributed by atoms with van der Waals surface area (Å²) in [6, 6.07) is -0.480. The zero-order chi connectivity index (χ0) is 11.6. The Bertz CT molecular complexity index is 320. The van der Waals surface area contributed by atoms with Gasteiger partial charge in [-0.05, 0) is 12.2 Å². The van der Waals surface area contributed by atoms with Gasteiger partial charge in [0, 0.05) is 5.71 Å². The van der Waals surface area contributed by atoms with Crippen LogP contribution in [0.25, 0.3) is 0 Å². The zero-order valence-electron chi connectivity index (χ0n) is 9.15. The number of nitrogens with one attached hydrogen (secondary N) is 1. The molecule has 0 fully saturated rings. The van der Waals surface area contributed by atoms with Crippen LogP contribution in [0.3, 0.4) is 0 Å². The van der Waals surface area contributed by atoms with E-state index in [9.17, 15) is 4.79 Å². The Balaban J connectivity index is 2.72. The summed E-state index contributed by atoms with van der Waals surface area (Å²) >= 11 is 4.86. The third-order valence-corrected chi connectivity index (χ3v) is 2.59. The van der Waals surface area contributed by atoms with Crippen LogP contribution in [0.2, 0.25) is 0 Å². The van der Waals surface area contributed by atoms with E-state index in [0.717, 1.165) is 5.71 Å². The molecule has 0 aromatic heterocycles. The lowest BCUT2D eigenvalue weighted by Crippen LogP contribution is -2.51. The van der Waals surface area contributed by atoms with Gasteiger partial charge in [-0.3, -0.25) is 0 Å². The molecular weight excluding hydrogens is 214 g/mol. The summed E-state index contributed by atoms with van der Waals surface area (Å²) in [6.07, 6.45) is 0.436. The molecule has 0 radical (unpaired) electrons. The minimum Gasteiger partial charge on any atom is -0.477 e. The van der Waals surface area contributed by atoms with Crippen LogP contribution < -0.4 is 5.32 Å². The van der Waals surface area contributed by atoms with Crippen LogP contribution in [0, 0.1) is 0 Å². The molecule has 0 aromatic rings. The number of aliphatic imine (C=N–C) groups is 1. The molecular formula is C9H16N3O2S+. The average Bonchev–Trinajstić information content (AvgIpc) is 2.44. The van der Waals surface area contributed by atoms with E-state index in [2.05, 4.69) is 10.3 Å². The number of nitrogens with zero attached hydrogens (tertiary/aromatic N) is 2. The van der Waals surface area contributed by atoms with E-state index < -0.39 is 12.0 Å². The Morgan fingerprint density at radius 3 is 2.60 bits per heavy atom. The third kappa shape index (κ3) is 3.24. The molecule has 1 rings (SSSR count). The molecule has 1 aliphatic heterocycles. The summed E-state index contributed by atoms with van der Waals surface area (Å²) in [5.41, 5.74) is 0.820. The van der Waals surface area contributed by atoms with E-state index in [1.807, 2.05) is 21.1 Å². The highest BCUT2D eigenvalue weighted by molar-refractivity contribution is 7.80. The Kier molecular flexibility index (Phi) is 3.41. The Morgan fingerprint density at radius 1 is 1.67 bits per heavy atom. The fraction of sp³-hybridized carbons (Fsp3) is 0.667. The molecule has 0 saturated carbocycles. The monoisotopic (exact) mass is 230 g/mol. The van der Waals surface area contributed by atoms with Gasteiger partial charge in [0.05, 0.1) is 34.1 Å². The van der Waals surface area contributed by atoms with Crippen LogP contribution in [0.1, 0.15) is 6.42 Å². The van der Waals surface area contributed by atoms with Gasteiger partial charge in [-0.25, -0.2) is 9.79 Å². The fourth-order valence-corrected chi connectivity index (χ4v) is 1.64. The van der Waals surface area contributed by atoms with Crippen molar-refractivity contribution in [2.24, 2.45) is 4.99 Å². The van der Waals surface area contributed by atoms with Crippen molar-refractivity contribution in [3.63, 3.8) is 0 Å². The van der Waals surface area contributed by atoms with Crippen LogP contribution in [0.4, 0.5) is 0 Å². The number of quaternary nitrogens is 1. The largest absolute Gasteiger partial charge is 0.477 e. The molecule has 1 aliphatic rings. The second-order valence-corrected chi connectivity index (χ2v) is 4.90. The standard InChI is InChI=1S/C9H15N3O2S/c1-12(2,3)7(8(13)14)4-6-5-10-9(15)11-6/h7H,4-5H2,1-3H3,(H-,10,13,14,15)/p+1. The number of hydrogen-bond donors (Lipinski definition) is 2. The molecule has 1 atom stereocenters. The van der Waals surface area contributed by atoms with Crippen LogP contribution in [0.5, 0.6) is 0 Å². The molecule has 6 heteroatoms. The Hall–Kier alpha value is -1.01. The third-order valence-electron chi connectivity index (χ3n) is 2.35. The number of carbonyl (C=O) groups is 1. The first-order valence-electron chi connectivity index (χ1n) is 4.69. The molecule has 0 saturated heterocycles. The number of rotatable bonds is 4. The first-order chi connectivity index (χ1) is 6.80. The molecule has 15 heavy (non-hydrogen) atoms. The Morgan fingerprint density at radius 2 is 2.27 bits per heavy atom. The molecule has 1 heterocycles. The van der Waals surface area contributed by atoms with Crippen molar-refractivity contribution in [3.05, 3.63) is 0 Å². The van der Waals surface area contributed by atoms with E-state index in [-0.39, 0.29) is 0 Å². The van der Waals surface area contributed by atoms with Crippen molar-refractivity contribution >= 4 is 29.0 Å². The summed E-state index contributed by atoms with van der Waals surface area (Å²) in [7, 11) is 5.58. The molecule has 0 aliphatic carbocycles.